The van der Waals surface area contributed by atoms with Gasteiger partial charge < -0.3 is 0 Å². The van der Waals surface area contributed by atoms with Crippen LogP contribution in [0, 0.1) is 6.92 Å². The molecular formula is C21H15ClN2O2. The van der Waals surface area contributed by atoms with E-state index < -0.39 is 0 Å². The van der Waals surface area contributed by atoms with Gasteiger partial charge in [-0.15, -0.1) is 0 Å². The van der Waals surface area contributed by atoms with Crippen molar-refractivity contribution in [2.75, 3.05) is 0 Å². The molecule has 0 atom stereocenters. The fourth-order valence-electron chi connectivity index (χ4n) is 3.07. The standard InChI is InChI=1S/C21H15ClN2O2/c1-13-18(21(26)24(23-13)16-9-7-15(22)8-10-16)12-19-17-5-3-2-4-14(17)6-11-20(19)25/h2-12,23H,1H3/b19-12-. The van der Waals surface area contributed by atoms with Crippen LogP contribution in [0.2, 0.25) is 5.02 Å². The van der Waals surface area contributed by atoms with E-state index in [4.69, 9.17) is 11.6 Å². The number of carbonyl (C=O) groups is 1. The van der Waals surface area contributed by atoms with Gasteiger partial charge in [-0.25, -0.2) is 4.68 Å². The topological polar surface area (TPSA) is 54.9 Å². The van der Waals surface area contributed by atoms with Crippen LogP contribution < -0.4 is 5.56 Å². The molecule has 1 heterocycles. The fourth-order valence-corrected chi connectivity index (χ4v) is 3.20. The summed E-state index contributed by atoms with van der Waals surface area (Å²) < 4.78 is 1.45. The molecule has 1 aromatic heterocycles. The predicted octanol–water partition coefficient (Wildman–Crippen LogP) is 4.26. The largest absolute Gasteiger partial charge is 0.295 e. The smallest absolute Gasteiger partial charge is 0.278 e. The number of aromatic amines is 1. The summed E-state index contributed by atoms with van der Waals surface area (Å²) >= 11 is 5.92. The molecule has 0 saturated carbocycles. The van der Waals surface area contributed by atoms with Crippen molar-refractivity contribution >= 4 is 35.1 Å². The summed E-state index contributed by atoms with van der Waals surface area (Å²) in [7, 11) is 0. The highest BCUT2D eigenvalue weighted by atomic mass is 35.5. The Bertz CT molecular complexity index is 1130. The number of rotatable bonds is 2. The third-order valence-electron chi connectivity index (χ3n) is 4.42. The van der Waals surface area contributed by atoms with Crippen molar-refractivity contribution in [3.8, 4) is 5.69 Å². The summed E-state index contributed by atoms with van der Waals surface area (Å²) in [6.45, 7) is 1.81. The minimum atomic E-state index is -0.211. The van der Waals surface area contributed by atoms with Gasteiger partial charge in [0, 0.05) is 16.3 Å². The third kappa shape index (κ3) is 2.74. The molecule has 3 aromatic rings. The molecule has 0 fully saturated rings. The number of nitrogens with one attached hydrogen (secondary N) is 1. The Morgan fingerprint density at radius 2 is 1.73 bits per heavy atom. The number of nitrogens with zero attached hydrogens (tertiary/aromatic N) is 1. The van der Waals surface area contributed by atoms with Crippen LogP contribution in [0.1, 0.15) is 22.4 Å². The minimum absolute atomic E-state index is 0.109. The average Bonchev–Trinajstić information content (AvgIpc) is 2.92. The molecular weight excluding hydrogens is 348 g/mol. The van der Waals surface area contributed by atoms with Crippen molar-refractivity contribution in [1.29, 1.82) is 0 Å². The third-order valence-corrected chi connectivity index (χ3v) is 4.67. The molecule has 128 valence electrons. The van der Waals surface area contributed by atoms with Crippen LogP contribution in [-0.4, -0.2) is 15.6 Å². The Balaban J connectivity index is 1.86. The van der Waals surface area contributed by atoms with Gasteiger partial charge in [-0.1, -0.05) is 41.9 Å². The Labute approximate surface area is 155 Å². The van der Waals surface area contributed by atoms with E-state index in [1.54, 1.807) is 36.4 Å². The SMILES string of the molecule is Cc1[nH]n(-c2ccc(Cl)cc2)c(=O)c1/C=C1\C(=O)C=Cc2ccccc21. The van der Waals surface area contributed by atoms with E-state index in [9.17, 15) is 9.59 Å². The van der Waals surface area contributed by atoms with Crippen molar-refractivity contribution in [2.24, 2.45) is 0 Å². The summed E-state index contributed by atoms with van der Waals surface area (Å²) in [5, 5.41) is 3.66. The highest BCUT2D eigenvalue weighted by molar-refractivity contribution is 6.33. The lowest BCUT2D eigenvalue weighted by Gasteiger charge is -2.12. The maximum absolute atomic E-state index is 12.9. The second-order valence-electron chi connectivity index (χ2n) is 6.11. The van der Waals surface area contributed by atoms with E-state index in [-0.39, 0.29) is 11.3 Å². The molecule has 0 spiro atoms. The summed E-state index contributed by atoms with van der Waals surface area (Å²) in [6.07, 6.45) is 5.00. The number of halogens is 1. The number of hydrogen-bond donors (Lipinski definition) is 1. The zero-order chi connectivity index (χ0) is 18.3. The van der Waals surface area contributed by atoms with Crippen molar-refractivity contribution in [1.82, 2.24) is 9.78 Å². The lowest BCUT2D eigenvalue weighted by atomic mass is 9.90. The quantitative estimate of drug-likeness (QED) is 0.692. The highest BCUT2D eigenvalue weighted by Crippen LogP contribution is 2.28. The fraction of sp³-hybridized carbons (Fsp3) is 0.0476. The Morgan fingerprint density at radius 3 is 2.50 bits per heavy atom. The molecule has 4 nitrogen and oxygen atoms in total. The number of H-pyrrole nitrogens is 1. The number of allylic oxidation sites excluding steroid dienone is 2. The van der Waals surface area contributed by atoms with E-state index in [1.165, 1.54) is 10.8 Å². The number of ketones is 1. The van der Waals surface area contributed by atoms with Gasteiger partial charge in [0.2, 0.25) is 0 Å². The van der Waals surface area contributed by atoms with Gasteiger partial charge in [0.1, 0.15) is 0 Å². The average molecular weight is 363 g/mol. The van der Waals surface area contributed by atoms with E-state index in [1.807, 2.05) is 31.2 Å². The van der Waals surface area contributed by atoms with E-state index in [2.05, 4.69) is 5.10 Å². The first-order valence-corrected chi connectivity index (χ1v) is 8.53. The van der Waals surface area contributed by atoms with Crippen LogP contribution in [-0.2, 0) is 4.79 Å². The lowest BCUT2D eigenvalue weighted by molar-refractivity contribution is -0.109. The van der Waals surface area contributed by atoms with Crippen LogP contribution in [0.15, 0.2) is 59.4 Å². The van der Waals surface area contributed by atoms with Crippen LogP contribution >= 0.6 is 11.6 Å². The Kier molecular flexibility index (Phi) is 3.98. The van der Waals surface area contributed by atoms with Crippen LogP contribution in [0.5, 0.6) is 0 Å². The molecule has 0 unspecified atom stereocenters. The van der Waals surface area contributed by atoms with Gasteiger partial charge in [-0.2, -0.15) is 0 Å². The zero-order valence-electron chi connectivity index (χ0n) is 14.0. The van der Waals surface area contributed by atoms with Gasteiger partial charge in [0.15, 0.2) is 5.78 Å². The summed E-state index contributed by atoms with van der Waals surface area (Å²) in [4.78, 5) is 25.3. The van der Waals surface area contributed by atoms with E-state index >= 15 is 0 Å². The predicted molar refractivity (Wildman–Crippen MR) is 104 cm³/mol. The molecule has 2 aromatic carbocycles. The molecule has 0 aliphatic heterocycles. The number of carbonyl (C=O) groups excluding carboxylic acids is 1. The Hall–Kier alpha value is -3.11. The molecule has 1 aliphatic rings. The molecule has 0 radical (unpaired) electrons. The lowest BCUT2D eigenvalue weighted by Crippen LogP contribution is -2.16. The van der Waals surface area contributed by atoms with Gasteiger partial charge in [0.25, 0.3) is 5.56 Å². The monoisotopic (exact) mass is 362 g/mol. The maximum Gasteiger partial charge on any atom is 0.278 e. The summed E-state index contributed by atoms with van der Waals surface area (Å²) in [5.41, 5.74) is 3.94. The summed E-state index contributed by atoms with van der Waals surface area (Å²) in [5.74, 6) is -0.109. The Morgan fingerprint density at radius 1 is 1.00 bits per heavy atom. The minimum Gasteiger partial charge on any atom is -0.295 e. The van der Waals surface area contributed by atoms with Gasteiger partial charge in [0.05, 0.1) is 11.3 Å². The van der Waals surface area contributed by atoms with Crippen LogP contribution in [0.3, 0.4) is 0 Å². The zero-order valence-corrected chi connectivity index (χ0v) is 14.7. The first kappa shape index (κ1) is 16.4. The second kappa shape index (κ2) is 6.32. The van der Waals surface area contributed by atoms with Gasteiger partial charge >= 0.3 is 0 Å². The second-order valence-corrected chi connectivity index (χ2v) is 6.55. The van der Waals surface area contributed by atoms with E-state index in [0.717, 1.165) is 11.1 Å². The first-order chi connectivity index (χ1) is 12.5. The van der Waals surface area contributed by atoms with Gasteiger partial charge in [-0.3, -0.25) is 14.7 Å². The molecule has 5 heteroatoms. The molecule has 0 amide bonds. The van der Waals surface area contributed by atoms with Crippen LogP contribution in [0.4, 0.5) is 0 Å². The normalized spacial score (nSPS) is 14.7. The number of aryl methyl sites for hydroxylation is 1. The summed E-state index contributed by atoms with van der Waals surface area (Å²) in [6, 6.07) is 14.6. The number of hydrogen-bond acceptors (Lipinski definition) is 2. The molecule has 4 rings (SSSR count). The van der Waals surface area contributed by atoms with Crippen molar-refractivity contribution in [3.63, 3.8) is 0 Å². The van der Waals surface area contributed by atoms with Gasteiger partial charge in [-0.05, 0) is 54.5 Å². The highest BCUT2D eigenvalue weighted by Gasteiger charge is 2.19. The van der Waals surface area contributed by atoms with Crippen molar-refractivity contribution < 1.29 is 4.79 Å². The molecule has 1 aliphatic carbocycles. The molecule has 0 bridgehead atoms. The molecule has 26 heavy (non-hydrogen) atoms. The number of aromatic nitrogens is 2. The van der Waals surface area contributed by atoms with Crippen LogP contribution in [0.25, 0.3) is 23.4 Å². The van der Waals surface area contributed by atoms with E-state index in [0.29, 0.717) is 27.5 Å². The maximum atomic E-state index is 12.9. The van der Waals surface area contributed by atoms with Crippen molar-refractivity contribution in [2.45, 2.75) is 6.92 Å². The number of benzene rings is 2. The molecule has 0 saturated heterocycles. The van der Waals surface area contributed by atoms with Crippen molar-refractivity contribution in [3.05, 3.63) is 92.4 Å². The number of fused-ring (bicyclic) bond motifs is 1. The first-order valence-electron chi connectivity index (χ1n) is 8.15. The molecule has 1 N–H and O–H groups in total.